The Balaban J connectivity index is 1.33. The summed E-state index contributed by atoms with van der Waals surface area (Å²) in [6.45, 7) is 21.2. The Morgan fingerprint density at radius 2 is 1.74 bits per heavy atom. The van der Waals surface area contributed by atoms with Crippen LogP contribution in [0.3, 0.4) is 0 Å². The molecule has 0 aromatic rings. The van der Waals surface area contributed by atoms with Gasteiger partial charge in [0.2, 0.25) is 11.8 Å². The first kappa shape index (κ1) is 43.8. The van der Waals surface area contributed by atoms with Crippen LogP contribution in [0, 0.1) is 70.0 Å². The summed E-state index contributed by atoms with van der Waals surface area (Å²) < 4.78 is 6.46. The lowest BCUT2D eigenvalue weighted by Gasteiger charge is -2.62. The summed E-state index contributed by atoms with van der Waals surface area (Å²) in [6.07, 6.45) is 7.56. The number of carbonyl (C=O) groups excluding carboxylic acids is 2. The van der Waals surface area contributed by atoms with E-state index in [1.54, 1.807) is 12.0 Å². The number of methoxy groups -OCH3 is 1. The fourth-order valence-corrected chi connectivity index (χ4v) is 12.2. The van der Waals surface area contributed by atoms with Crippen LogP contribution < -0.4 is 10.6 Å². The zero-order valence-corrected chi connectivity index (χ0v) is 36.1. The Bertz CT molecular complexity index is 1240. The summed E-state index contributed by atoms with van der Waals surface area (Å²) in [7, 11) is 5.97. The quantitative estimate of drug-likeness (QED) is 0.177. The molecule has 5 aliphatic carbocycles. The first-order chi connectivity index (χ1) is 25.3. The number of carbonyl (C=O) groups is 2. The van der Waals surface area contributed by atoms with E-state index in [9.17, 15) is 19.8 Å². The Morgan fingerprint density at radius 1 is 1.04 bits per heavy atom. The summed E-state index contributed by atoms with van der Waals surface area (Å²) in [5, 5.41) is 30.2. The van der Waals surface area contributed by atoms with Crippen molar-refractivity contribution in [1.82, 2.24) is 20.6 Å². The van der Waals surface area contributed by atoms with Gasteiger partial charge in [-0.2, -0.15) is 5.06 Å². The van der Waals surface area contributed by atoms with Crippen LogP contribution >= 0.6 is 0 Å². The molecule has 1 aliphatic heterocycles. The standard InChI is InChI=1S/C44H80N4O6/c1-25(2)16-33(23-47(10)11)45-41(51)30-17-29(18-31(19-30)43(5,6)7)34-15-13-14-28(40(34)53-12)22-48-39(38(27(4)50)37(24-49)54-48)42(52)46-36-21-32-20-35(26(36)3)44(32,8)9/h25-40,49-50H,13-24H2,1-12H3,(H,45,51)(H,46,52)/t26-,27-,28?,29?,30?,31?,32+,33-,34?,35-,36-,37-,38-,39-,40?/m0/s1. The lowest BCUT2D eigenvalue weighted by molar-refractivity contribution is -0.193. The predicted molar refractivity (Wildman–Crippen MR) is 214 cm³/mol. The lowest BCUT2D eigenvalue weighted by atomic mass is 9.45. The summed E-state index contributed by atoms with van der Waals surface area (Å²) in [5.41, 5.74) is 0.400. The molecule has 54 heavy (non-hydrogen) atoms. The Labute approximate surface area is 328 Å². The molecule has 0 aromatic heterocycles. The Morgan fingerprint density at radius 3 is 2.30 bits per heavy atom. The van der Waals surface area contributed by atoms with Gasteiger partial charge >= 0.3 is 0 Å². The number of nitrogens with zero attached hydrogens (tertiary/aromatic N) is 2. The van der Waals surface area contributed by atoms with Gasteiger partial charge in [-0.05, 0) is 125 Å². The van der Waals surface area contributed by atoms with Crippen LogP contribution in [-0.2, 0) is 19.2 Å². The van der Waals surface area contributed by atoms with Crippen molar-refractivity contribution in [1.29, 1.82) is 0 Å². The lowest BCUT2D eigenvalue weighted by Crippen LogP contribution is -2.62. The normalized spacial score (nSPS) is 39.6. The molecule has 2 amide bonds. The van der Waals surface area contributed by atoms with Gasteiger partial charge in [0.1, 0.15) is 12.1 Å². The van der Waals surface area contributed by atoms with E-state index in [1.807, 2.05) is 7.11 Å². The number of hydrogen-bond acceptors (Lipinski definition) is 8. The third kappa shape index (κ3) is 9.52. The molecule has 6 fully saturated rings. The first-order valence-corrected chi connectivity index (χ1v) is 21.8. The molecule has 6 unspecified atom stereocenters. The highest BCUT2D eigenvalue weighted by Crippen LogP contribution is 2.61. The van der Waals surface area contributed by atoms with E-state index in [0.717, 1.165) is 57.9 Å². The van der Waals surface area contributed by atoms with Crippen LogP contribution in [0.15, 0.2) is 0 Å². The van der Waals surface area contributed by atoms with Crippen molar-refractivity contribution in [2.24, 2.45) is 70.0 Å². The largest absolute Gasteiger partial charge is 0.394 e. The maximum atomic E-state index is 14.4. The van der Waals surface area contributed by atoms with Crippen LogP contribution in [0.25, 0.3) is 0 Å². The summed E-state index contributed by atoms with van der Waals surface area (Å²) >= 11 is 0. The van der Waals surface area contributed by atoms with Gasteiger partial charge in [0.25, 0.3) is 0 Å². The average molecular weight is 761 g/mol. The fourth-order valence-electron chi connectivity index (χ4n) is 12.2. The molecule has 2 bridgehead atoms. The minimum atomic E-state index is -0.825. The molecule has 5 saturated carbocycles. The smallest absolute Gasteiger partial charge is 0.240 e. The zero-order chi connectivity index (χ0) is 39.9. The summed E-state index contributed by atoms with van der Waals surface area (Å²) in [5.74, 6) is 2.78. The van der Waals surface area contributed by atoms with Crippen LogP contribution in [0.1, 0.15) is 120 Å². The number of aliphatic hydroxyl groups is 2. The van der Waals surface area contributed by atoms with Gasteiger partial charge in [-0.15, -0.1) is 0 Å². The van der Waals surface area contributed by atoms with Crippen molar-refractivity contribution in [3.05, 3.63) is 0 Å². The molecule has 1 heterocycles. The molecule has 6 rings (SSSR count). The van der Waals surface area contributed by atoms with Crippen LogP contribution in [0.2, 0.25) is 0 Å². The number of hydroxylamine groups is 2. The van der Waals surface area contributed by atoms with Gasteiger partial charge in [0.15, 0.2) is 0 Å². The van der Waals surface area contributed by atoms with Crippen LogP contribution in [-0.4, -0.2) is 109 Å². The number of hydrogen-bond donors (Lipinski definition) is 4. The SMILES string of the molecule is COC1C(CN2O[C@@H](CO)[C@H]([C@H](C)O)[C@H]2C(=O)N[C@H]2C[C@H]3C[C@@H]([C@@H]2C)C3(C)C)CCCC1C1CC(C(=O)N[C@@H](CC(C)C)CN(C)C)CC(C(C)(C)C)C1. The topological polar surface area (TPSA) is 124 Å². The zero-order valence-electron chi connectivity index (χ0n) is 36.1. The minimum absolute atomic E-state index is 0.0337. The van der Waals surface area contributed by atoms with E-state index in [-0.39, 0.29) is 59.8 Å². The third-order valence-corrected chi connectivity index (χ3v) is 15.4. The highest BCUT2D eigenvalue weighted by molar-refractivity contribution is 5.83. The van der Waals surface area contributed by atoms with Crippen molar-refractivity contribution >= 4 is 11.8 Å². The van der Waals surface area contributed by atoms with Crippen LogP contribution in [0.4, 0.5) is 0 Å². The Kier molecular flexibility index (Phi) is 14.3. The van der Waals surface area contributed by atoms with Gasteiger partial charge < -0.3 is 30.5 Å². The van der Waals surface area contributed by atoms with Crippen molar-refractivity contribution in [3.63, 3.8) is 0 Å². The number of nitrogens with one attached hydrogen (secondary N) is 2. The van der Waals surface area contributed by atoms with E-state index in [2.05, 4.69) is 85.0 Å². The third-order valence-electron chi connectivity index (χ3n) is 15.4. The second-order valence-corrected chi connectivity index (χ2v) is 21.1. The average Bonchev–Trinajstić information content (AvgIpc) is 3.46. The van der Waals surface area contributed by atoms with Gasteiger partial charge in [0, 0.05) is 50.0 Å². The summed E-state index contributed by atoms with van der Waals surface area (Å²) in [4.78, 5) is 37.1. The minimum Gasteiger partial charge on any atom is -0.394 e. The van der Waals surface area contributed by atoms with Crippen molar-refractivity contribution in [2.75, 3.05) is 40.9 Å². The molecule has 4 N–H and O–H groups in total. The number of amides is 2. The molecule has 1 saturated heterocycles. The number of likely N-dealkylation sites (N-methyl/N-ethyl adjacent to an activating group) is 1. The molecule has 0 radical (unpaired) electrons. The number of rotatable bonds is 14. The molecule has 10 nitrogen and oxygen atoms in total. The summed E-state index contributed by atoms with van der Waals surface area (Å²) in [6, 6.07) is -0.475. The number of ether oxygens (including phenoxy) is 1. The van der Waals surface area contributed by atoms with Gasteiger partial charge in [-0.1, -0.05) is 61.8 Å². The van der Waals surface area contributed by atoms with E-state index in [0.29, 0.717) is 47.5 Å². The van der Waals surface area contributed by atoms with Crippen molar-refractivity contribution in [2.45, 2.75) is 157 Å². The van der Waals surface area contributed by atoms with E-state index in [4.69, 9.17) is 9.57 Å². The molecular weight excluding hydrogens is 681 g/mol. The molecule has 0 spiro atoms. The predicted octanol–water partition coefficient (Wildman–Crippen LogP) is 5.75. The Hall–Kier alpha value is -1.30. The maximum Gasteiger partial charge on any atom is 0.240 e. The highest BCUT2D eigenvalue weighted by atomic mass is 16.7. The number of fused-ring (bicyclic) bond motifs is 2. The van der Waals surface area contributed by atoms with Crippen molar-refractivity contribution in [3.8, 4) is 0 Å². The van der Waals surface area contributed by atoms with Crippen LogP contribution in [0.5, 0.6) is 0 Å². The maximum absolute atomic E-state index is 14.4. The first-order valence-electron chi connectivity index (χ1n) is 21.8. The van der Waals surface area contributed by atoms with Gasteiger partial charge in [-0.25, -0.2) is 0 Å². The molecule has 0 aromatic carbocycles. The second kappa shape index (κ2) is 17.7. The molecule has 10 heteroatoms. The van der Waals surface area contributed by atoms with Crippen molar-refractivity contribution < 1.29 is 29.4 Å². The van der Waals surface area contributed by atoms with E-state index >= 15 is 0 Å². The van der Waals surface area contributed by atoms with Gasteiger partial charge in [0.05, 0.1) is 18.8 Å². The van der Waals surface area contributed by atoms with E-state index in [1.165, 1.54) is 6.42 Å². The van der Waals surface area contributed by atoms with E-state index < -0.39 is 24.2 Å². The second-order valence-electron chi connectivity index (χ2n) is 21.1. The molecule has 312 valence electrons. The molecular formula is C44H80N4O6. The monoisotopic (exact) mass is 761 g/mol. The highest BCUT2D eigenvalue weighted by Gasteiger charge is 2.58. The molecule has 6 aliphatic rings. The van der Waals surface area contributed by atoms with Gasteiger partial charge in [-0.3, -0.25) is 14.4 Å². The molecule has 15 atom stereocenters. The number of aliphatic hydroxyl groups excluding tert-OH is 2. The fraction of sp³-hybridized carbons (Fsp3) is 0.955.